The van der Waals surface area contributed by atoms with Gasteiger partial charge >= 0.3 is 5.97 Å². The predicted molar refractivity (Wildman–Crippen MR) is 69.9 cm³/mol. The van der Waals surface area contributed by atoms with Crippen LogP contribution in [0.4, 0.5) is 0 Å². The maximum atomic E-state index is 10.8. The molecule has 0 aromatic rings. The SMILES string of the molecule is C#CCN(CCN(CC)CC)CC(C)C(=O)O. The Labute approximate surface area is 105 Å². The number of aliphatic carboxylic acids is 1. The molecule has 0 aliphatic heterocycles. The highest BCUT2D eigenvalue weighted by Gasteiger charge is 2.15. The molecule has 1 N–H and O–H groups in total. The molecule has 0 aliphatic rings. The van der Waals surface area contributed by atoms with Crippen molar-refractivity contribution in [1.29, 1.82) is 0 Å². The second-order valence-corrected chi connectivity index (χ2v) is 4.21. The molecule has 4 nitrogen and oxygen atoms in total. The van der Waals surface area contributed by atoms with Gasteiger partial charge in [0.2, 0.25) is 0 Å². The van der Waals surface area contributed by atoms with Crippen LogP contribution in [0.1, 0.15) is 20.8 Å². The first kappa shape index (κ1) is 16.0. The van der Waals surface area contributed by atoms with Crippen LogP contribution in [0, 0.1) is 18.3 Å². The molecule has 4 heteroatoms. The fourth-order valence-electron chi connectivity index (χ4n) is 1.65. The molecule has 0 rings (SSSR count). The van der Waals surface area contributed by atoms with Crippen molar-refractivity contribution in [1.82, 2.24) is 9.80 Å². The number of nitrogens with zero attached hydrogens (tertiary/aromatic N) is 2. The summed E-state index contributed by atoms with van der Waals surface area (Å²) < 4.78 is 0. The van der Waals surface area contributed by atoms with Crippen molar-refractivity contribution in [2.45, 2.75) is 20.8 Å². The van der Waals surface area contributed by atoms with E-state index in [1.54, 1.807) is 6.92 Å². The van der Waals surface area contributed by atoms with Crippen molar-refractivity contribution in [2.75, 3.05) is 39.3 Å². The number of rotatable bonds is 9. The standard InChI is InChI=1S/C13H24N2O2/c1-5-8-15(11-12(4)13(16)17)10-9-14(6-2)7-3/h1,12H,6-11H2,2-4H3,(H,16,17). The van der Waals surface area contributed by atoms with E-state index in [0.29, 0.717) is 13.1 Å². The van der Waals surface area contributed by atoms with Gasteiger partial charge in [0.1, 0.15) is 0 Å². The Bertz CT molecular complexity index is 257. The highest BCUT2D eigenvalue weighted by Crippen LogP contribution is 2.00. The lowest BCUT2D eigenvalue weighted by Gasteiger charge is -2.25. The summed E-state index contributed by atoms with van der Waals surface area (Å²) in [5.74, 6) is 1.44. The third-order valence-electron chi connectivity index (χ3n) is 2.90. The van der Waals surface area contributed by atoms with Crippen LogP contribution < -0.4 is 0 Å². The van der Waals surface area contributed by atoms with Crippen LogP contribution in [0.5, 0.6) is 0 Å². The molecule has 1 unspecified atom stereocenters. The van der Waals surface area contributed by atoms with Crippen molar-refractivity contribution in [3.05, 3.63) is 0 Å². The van der Waals surface area contributed by atoms with Crippen LogP contribution in [0.25, 0.3) is 0 Å². The number of carboxylic acid groups (broad SMARTS) is 1. The lowest BCUT2D eigenvalue weighted by atomic mass is 10.1. The molecule has 0 heterocycles. The Balaban J connectivity index is 4.15. The van der Waals surface area contributed by atoms with E-state index in [1.807, 2.05) is 4.90 Å². The lowest BCUT2D eigenvalue weighted by molar-refractivity contribution is -0.141. The van der Waals surface area contributed by atoms with Crippen LogP contribution in [0.2, 0.25) is 0 Å². The molecule has 0 fully saturated rings. The van der Waals surface area contributed by atoms with Gasteiger partial charge in [-0.2, -0.15) is 0 Å². The van der Waals surface area contributed by atoms with E-state index in [2.05, 4.69) is 24.7 Å². The van der Waals surface area contributed by atoms with Gasteiger partial charge in [-0.1, -0.05) is 26.7 Å². The van der Waals surface area contributed by atoms with E-state index >= 15 is 0 Å². The van der Waals surface area contributed by atoms with Gasteiger partial charge in [0.05, 0.1) is 12.5 Å². The first-order chi connectivity index (χ1) is 8.04. The molecular formula is C13H24N2O2. The van der Waals surface area contributed by atoms with Gasteiger partial charge in [0.15, 0.2) is 0 Å². The van der Waals surface area contributed by atoms with Gasteiger partial charge < -0.3 is 10.0 Å². The molecule has 0 radical (unpaired) electrons. The number of carboxylic acids is 1. The lowest BCUT2D eigenvalue weighted by Crippen LogP contribution is -2.38. The second kappa shape index (κ2) is 9.03. The number of hydrogen-bond acceptors (Lipinski definition) is 3. The Morgan fingerprint density at radius 2 is 1.82 bits per heavy atom. The fraction of sp³-hybridized carbons (Fsp3) is 0.769. The smallest absolute Gasteiger partial charge is 0.307 e. The van der Waals surface area contributed by atoms with Crippen LogP contribution in [0.15, 0.2) is 0 Å². The second-order valence-electron chi connectivity index (χ2n) is 4.21. The van der Waals surface area contributed by atoms with E-state index in [1.165, 1.54) is 0 Å². The summed E-state index contributed by atoms with van der Waals surface area (Å²) in [6.45, 7) is 10.8. The third-order valence-corrected chi connectivity index (χ3v) is 2.90. The third kappa shape index (κ3) is 6.98. The Morgan fingerprint density at radius 1 is 1.29 bits per heavy atom. The van der Waals surface area contributed by atoms with E-state index in [0.717, 1.165) is 26.2 Å². The van der Waals surface area contributed by atoms with E-state index in [4.69, 9.17) is 11.5 Å². The molecule has 0 bridgehead atoms. The molecule has 0 spiro atoms. The van der Waals surface area contributed by atoms with Crippen molar-refractivity contribution in [3.63, 3.8) is 0 Å². The highest BCUT2D eigenvalue weighted by atomic mass is 16.4. The summed E-state index contributed by atoms with van der Waals surface area (Å²) in [6, 6.07) is 0. The van der Waals surface area contributed by atoms with E-state index in [9.17, 15) is 4.79 Å². The Kier molecular flexibility index (Phi) is 8.47. The quantitative estimate of drug-likeness (QED) is 0.610. The van der Waals surface area contributed by atoms with Gasteiger partial charge in [-0.05, 0) is 13.1 Å². The van der Waals surface area contributed by atoms with Crippen LogP contribution in [-0.4, -0.2) is 60.1 Å². The van der Waals surface area contributed by atoms with E-state index in [-0.39, 0.29) is 5.92 Å². The molecule has 0 aromatic carbocycles. The largest absolute Gasteiger partial charge is 0.481 e. The Hall–Kier alpha value is -1.05. The maximum absolute atomic E-state index is 10.8. The van der Waals surface area contributed by atoms with Crippen molar-refractivity contribution in [2.24, 2.45) is 5.92 Å². The van der Waals surface area contributed by atoms with Crippen LogP contribution in [-0.2, 0) is 4.79 Å². The molecule has 0 saturated carbocycles. The molecule has 1 atom stereocenters. The molecule has 0 saturated heterocycles. The Morgan fingerprint density at radius 3 is 2.24 bits per heavy atom. The van der Waals surface area contributed by atoms with Crippen molar-refractivity contribution in [3.8, 4) is 12.3 Å². The van der Waals surface area contributed by atoms with Gasteiger partial charge in [-0.25, -0.2) is 0 Å². The average Bonchev–Trinajstić information content (AvgIpc) is 2.30. The number of terminal acetylenes is 1. The highest BCUT2D eigenvalue weighted by molar-refractivity contribution is 5.69. The summed E-state index contributed by atoms with van der Waals surface area (Å²) in [6.07, 6.45) is 5.30. The van der Waals surface area contributed by atoms with Crippen molar-refractivity contribution >= 4 is 5.97 Å². The molecular weight excluding hydrogens is 216 g/mol. The van der Waals surface area contributed by atoms with E-state index < -0.39 is 5.97 Å². The molecule has 0 amide bonds. The van der Waals surface area contributed by atoms with Gasteiger partial charge in [-0.3, -0.25) is 9.69 Å². The molecule has 0 aliphatic carbocycles. The average molecular weight is 240 g/mol. The monoisotopic (exact) mass is 240 g/mol. The summed E-state index contributed by atoms with van der Waals surface area (Å²) >= 11 is 0. The number of carbonyl (C=O) groups is 1. The summed E-state index contributed by atoms with van der Waals surface area (Å²) in [7, 11) is 0. The topological polar surface area (TPSA) is 43.8 Å². The minimum atomic E-state index is -0.769. The number of hydrogen-bond donors (Lipinski definition) is 1. The zero-order valence-electron chi connectivity index (χ0n) is 11.1. The zero-order chi connectivity index (χ0) is 13.3. The predicted octanol–water partition coefficient (Wildman–Crippen LogP) is 0.984. The molecule has 98 valence electrons. The maximum Gasteiger partial charge on any atom is 0.307 e. The summed E-state index contributed by atoms with van der Waals surface area (Å²) in [5, 5.41) is 8.88. The van der Waals surface area contributed by atoms with Gasteiger partial charge in [0, 0.05) is 19.6 Å². The summed E-state index contributed by atoms with van der Waals surface area (Å²) in [4.78, 5) is 15.1. The number of likely N-dealkylation sites (N-methyl/N-ethyl adjacent to an activating group) is 1. The first-order valence-corrected chi connectivity index (χ1v) is 6.16. The van der Waals surface area contributed by atoms with Crippen molar-refractivity contribution < 1.29 is 9.90 Å². The first-order valence-electron chi connectivity index (χ1n) is 6.16. The van der Waals surface area contributed by atoms with Gasteiger partial charge in [0.25, 0.3) is 0 Å². The summed E-state index contributed by atoms with van der Waals surface area (Å²) in [5.41, 5.74) is 0. The molecule has 17 heavy (non-hydrogen) atoms. The van der Waals surface area contributed by atoms with Gasteiger partial charge in [-0.15, -0.1) is 6.42 Å². The fourth-order valence-corrected chi connectivity index (χ4v) is 1.65. The van der Waals surface area contributed by atoms with Crippen LogP contribution >= 0.6 is 0 Å². The molecule has 0 aromatic heterocycles. The normalized spacial score (nSPS) is 12.7. The van der Waals surface area contributed by atoms with Crippen LogP contribution in [0.3, 0.4) is 0 Å². The zero-order valence-corrected chi connectivity index (χ0v) is 11.1. The minimum Gasteiger partial charge on any atom is -0.481 e. The minimum absolute atomic E-state index is 0.375.